The summed E-state index contributed by atoms with van der Waals surface area (Å²) in [5.41, 5.74) is 2.11. The van der Waals surface area contributed by atoms with E-state index >= 15 is 0 Å². The van der Waals surface area contributed by atoms with E-state index in [1.807, 2.05) is 12.1 Å². The second kappa shape index (κ2) is 6.44. The van der Waals surface area contributed by atoms with E-state index in [0.29, 0.717) is 24.4 Å². The topological polar surface area (TPSA) is 135 Å². The number of fused-ring (bicyclic) bond motifs is 3. The maximum Gasteiger partial charge on any atom is 0.182 e. The van der Waals surface area contributed by atoms with Crippen molar-refractivity contribution < 1.29 is 8.76 Å². The average Bonchev–Trinajstić information content (AvgIpc) is 3.11. The molecule has 0 aliphatic carbocycles. The van der Waals surface area contributed by atoms with E-state index in [1.165, 1.54) is 0 Å². The van der Waals surface area contributed by atoms with Crippen molar-refractivity contribution in [3.05, 3.63) is 24.0 Å². The molecule has 1 aliphatic rings. The first-order chi connectivity index (χ1) is 12.2. The summed E-state index contributed by atoms with van der Waals surface area (Å²) < 4.78 is 22.6. The van der Waals surface area contributed by atoms with E-state index in [4.69, 9.17) is 5.26 Å². The Labute approximate surface area is 145 Å². The molecule has 0 aromatic carbocycles. The minimum atomic E-state index is -2.45. The zero-order chi connectivity index (χ0) is 17.4. The van der Waals surface area contributed by atoms with E-state index < -0.39 is 16.5 Å². The number of nitrogens with zero attached hydrogens (tertiary/aromatic N) is 6. The van der Waals surface area contributed by atoms with Crippen molar-refractivity contribution in [2.24, 2.45) is 0 Å². The quantitative estimate of drug-likeness (QED) is 0.681. The van der Waals surface area contributed by atoms with Gasteiger partial charge in [-0.25, -0.2) is 4.98 Å². The molecule has 3 atom stereocenters. The second-order valence-electron chi connectivity index (χ2n) is 6.01. The smallest absolute Gasteiger partial charge is 0.182 e. The highest BCUT2D eigenvalue weighted by Crippen LogP contribution is 2.34. The van der Waals surface area contributed by atoms with Crippen molar-refractivity contribution in [2.75, 3.05) is 13.1 Å². The van der Waals surface area contributed by atoms with Crippen molar-refractivity contribution in [3.63, 3.8) is 0 Å². The number of nitriles is 1. The van der Waals surface area contributed by atoms with Crippen LogP contribution in [0.1, 0.15) is 24.3 Å². The summed E-state index contributed by atoms with van der Waals surface area (Å²) in [6.07, 6.45) is 5.13. The summed E-state index contributed by atoms with van der Waals surface area (Å²) in [6.45, 7) is 1.06. The van der Waals surface area contributed by atoms with E-state index in [0.717, 1.165) is 29.2 Å². The van der Waals surface area contributed by atoms with Gasteiger partial charge in [-0.2, -0.15) is 10.4 Å². The van der Waals surface area contributed by atoms with Crippen molar-refractivity contribution in [1.29, 1.82) is 5.26 Å². The molecule has 1 saturated heterocycles. The van der Waals surface area contributed by atoms with Gasteiger partial charge in [-0.1, -0.05) is 0 Å². The first-order valence-corrected chi connectivity index (χ1v) is 8.99. The van der Waals surface area contributed by atoms with Gasteiger partial charge in [-0.05, 0) is 41.5 Å². The zero-order valence-electron chi connectivity index (χ0n) is 13.1. The molecule has 4 rings (SSSR count). The molecule has 25 heavy (non-hydrogen) atoms. The first kappa shape index (κ1) is 16.0. The summed E-state index contributed by atoms with van der Waals surface area (Å²) in [5, 5.41) is 25.0. The third kappa shape index (κ3) is 2.76. The second-order valence-corrected chi connectivity index (χ2v) is 6.97. The van der Waals surface area contributed by atoms with Gasteiger partial charge in [0.15, 0.2) is 16.7 Å². The molecule has 0 bridgehead atoms. The standard InChI is InChI=1S/C15H15N7O2S/c16-6-12(25(23)24)22-5-1-2-9(8-22)11-7-18-19-15-13(11)10-3-4-17-14(10)20-21-15/h3-4,7,9,12H,1-2,5,8H2,(H,19,21)(H,23,24)/p-1. The number of piperidine rings is 1. The fourth-order valence-corrected chi connectivity index (χ4v) is 4.02. The number of aromatic amines is 1. The van der Waals surface area contributed by atoms with Crippen LogP contribution < -0.4 is 0 Å². The maximum absolute atomic E-state index is 11.3. The Morgan fingerprint density at radius 3 is 3.16 bits per heavy atom. The van der Waals surface area contributed by atoms with Gasteiger partial charge in [-0.15, -0.1) is 10.2 Å². The number of hydrogen-bond donors (Lipinski definition) is 1. The van der Waals surface area contributed by atoms with Gasteiger partial charge in [0, 0.05) is 30.1 Å². The Hall–Kier alpha value is -2.48. The Morgan fingerprint density at radius 2 is 2.36 bits per heavy atom. The van der Waals surface area contributed by atoms with Gasteiger partial charge >= 0.3 is 0 Å². The molecule has 0 spiro atoms. The number of H-pyrrole nitrogens is 1. The summed E-state index contributed by atoms with van der Waals surface area (Å²) in [6, 6.07) is 3.75. The highest BCUT2D eigenvalue weighted by molar-refractivity contribution is 7.80. The van der Waals surface area contributed by atoms with Gasteiger partial charge in [0.1, 0.15) is 0 Å². The molecule has 128 valence electrons. The Morgan fingerprint density at radius 1 is 1.48 bits per heavy atom. The predicted octanol–water partition coefficient (Wildman–Crippen LogP) is 0.809. The lowest BCUT2D eigenvalue weighted by Gasteiger charge is -2.36. The van der Waals surface area contributed by atoms with E-state index in [1.54, 1.807) is 17.3 Å². The number of likely N-dealkylation sites (tertiary alicyclic amines) is 1. The first-order valence-electron chi connectivity index (χ1n) is 7.85. The normalized spacial score (nSPS) is 21.2. The Kier molecular flexibility index (Phi) is 4.12. The van der Waals surface area contributed by atoms with Crippen LogP contribution in [-0.4, -0.2) is 57.5 Å². The van der Waals surface area contributed by atoms with Crippen LogP contribution in [0, 0.1) is 11.3 Å². The van der Waals surface area contributed by atoms with Crippen LogP contribution in [-0.2, 0) is 11.1 Å². The van der Waals surface area contributed by atoms with Crippen LogP contribution >= 0.6 is 0 Å². The van der Waals surface area contributed by atoms with Gasteiger partial charge < -0.3 is 4.55 Å². The van der Waals surface area contributed by atoms with Crippen LogP contribution in [0.4, 0.5) is 0 Å². The zero-order valence-corrected chi connectivity index (χ0v) is 13.9. The molecular weight excluding hydrogens is 342 g/mol. The molecule has 4 heterocycles. The highest BCUT2D eigenvalue weighted by Gasteiger charge is 2.29. The molecular formula is C15H14N7O2S-. The van der Waals surface area contributed by atoms with Gasteiger partial charge in [0.25, 0.3) is 0 Å². The third-order valence-electron chi connectivity index (χ3n) is 4.61. The fourth-order valence-electron chi connectivity index (χ4n) is 3.50. The van der Waals surface area contributed by atoms with Crippen molar-refractivity contribution in [3.8, 4) is 6.07 Å². The molecule has 1 aliphatic heterocycles. The number of hydrogen-bond acceptors (Lipinski definition) is 8. The van der Waals surface area contributed by atoms with Crippen molar-refractivity contribution in [1.82, 2.24) is 30.3 Å². The lowest BCUT2D eigenvalue weighted by atomic mass is 9.89. The molecule has 0 saturated carbocycles. The number of rotatable bonds is 3. The van der Waals surface area contributed by atoms with Crippen molar-refractivity contribution in [2.45, 2.75) is 24.1 Å². The minimum Gasteiger partial charge on any atom is -0.770 e. The molecule has 9 nitrogen and oxygen atoms in total. The largest absolute Gasteiger partial charge is 0.770 e. The highest BCUT2D eigenvalue weighted by atomic mass is 32.2. The predicted molar refractivity (Wildman–Crippen MR) is 88.9 cm³/mol. The summed E-state index contributed by atoms with van der Waals surface area (Å²) in [5.74, 6) is 0.0556. The van der Waals surface area contributed by atoms with Crippen molar-refractivity contribution >= 4 is 33.1 Å². The minimum absolute atomic E-state index is 0.0556. The molecule has 3 aromatic heterocycles. The molecule has 0 amide bonds. The maximum atomic E-state index is 11.3. The van der Waals surface area contributed by atoms with Gasteiger partial charge in [-0.3, -0.25) is 14.2 Å². The molecule has 0 radical (unpaired) electrons. The number of nitrogens with one attached hydrogen (secondary N) is 1. The number of aromatic nitrogens is 5. The van der Waals surface area contributed by atoms with Gasteiger partial charge in [0.05, 0.1) is 12.3 Å². The lowest BCUT2D eigenvalue weighted by Crippen LogP contribution is -2.43. The fraction of sp³-hybridized carbons (Fsp3) is 0.400. The van der Waals surface area contributed by atoms with Gasteiger partial charge in [0.2, 0.25) is 0 Å². The van der Waals surface area contributed by atoms with Crippen LogP contribution in [0.5, 0.6) is 0 Å². The molecule has 10 heteroatoms. The molecule has 1 fully saturated rings. The molecule has 3 unspecified atom stereocenters. The molecule has 3 aromatic rings. The van der Waals surface area contributed by atoms with Crippen LogP contribution in [0.25, 0.3) is 22.1 Å². The lowest BCUT2D eigenvalue weighted by molar-refractivity contribution is 0.209. The van der Waals surface area contributed by atoms with E-state index in [-0.39, 0.29) is 5.92 Å². The van der Waals surface area contributed by atoms with Crippen LogP contribution in [0.15, 0.2) is 18.5 Å². The van der Waals surface area contributed by atoms with E-state index in [2.05, 4.69) is 25.4 Å². The summed E-state index contributed by atoms with van der Waals surface area (Å²) >= 11 is -2.45. The summed E-state index contributed by atoms with van der Waals surface area (Å²) in [7, 11) is 0. The Bertz CT molecular complexity index is 998. The van der Waals surface area contributed by atoms with E-state index in [9.17, 15) is 8.76 Å². The monoisotopic (exact) mass is 356 g/mol. The average molecular weight is 356 g/mol. The Balaban J connectivity index is 1.78. The SMILES string of the molecule is N#CC(N1CCCC(c2cn[nH]c3nnc4nccc4c23)C1)S(=O)[O-]. The third-order valence-corrected chi connectivity index (χ3v) is 5.38. The summed E-state index contributed by atoms with van der Waals surface area (Å²) in [4.78, 5) is 5.90. The van der Waals surface area contributed by atoms with Crippen LogP contribution in [0.3, 0.4) is 0 Å². The molecule has 1 N–H and O–H groups in total. The van der Waals surface area contributed by atoms with Crippen LogP contribution in [0.2, 0.25) is 0 Å².